The molecule has 0 aliphatic carbocycles. The lowest BCUT2D eigenvalue weighted by atomic mass is 9.96. The minimum Gasteiger partial charge on any atom is -0.396 e. The maximum atomic E-state index is 12.9. The van der Waals surface area contributed by atoms with E-state index in [0.717, 1.165) is 23.6 Å². The van der Waals surface area contributed by atoms with Crippen LogP contribution < -0.4 is 0 Å². The summed E-state index contributed by atoms with van der Waals surface area (Å²) in [6, 6.07) is 13.0. The van der Waals surface area contributed by atoms with E-state index in [9.17, 15) is 13.5 Å². The highest BCUT2D eigenvalue weighted by Crippen LogP contribution is 2.29. The van der Waals surface area contributed by atoms with Crippen molar-refractivity contribution in [2.75, 3.05) is 13.2 Å². The van der Waals surface area contributed by atoms with Crippen LogP contribution >= 0.6 is 0 Å². The maximum absolute atomic E-state index is 12.9. The predicted octanol–water partition coefficient (Wildman–Crippen LogP) is 2.62. The molecule has 1 N–H and O–H groups in total. The first-order chi connectivity index (χ1) is 10.5. The van der Waals surface area contributed by atoms with Gasteiger partial charge in [-0.3, -0.25) is 0 Å². The summed E-state index contributed by atoms with van der Waals surface area (Å²) in [4.78, 5) is 0.330. The third-order valence-corrected chi connectivity index (χ3v) is 6.48. The van der Waals surface area contributed by atoms with Gasteiger partial charge in [-0.2, -0.15) is 4.31 Å². The molecule has 0 saturated carbocycles. The van der Waals surface area contributed by atoms with Crippen LogP contribution in [0.25, 0.3) is 10.8 Å². The van der Waals surface area contributed by atoms with Crippen molar-refractivity contribution >= 4 is 20.8 Å². The van der Waals surface area contributed by atoms with Gasteiger partial charge in [0.2, 0.25) is 10.0 Å². The van der Waals surface area contributed by atoms with Gasteiger partial charge in [-0.1, -0.05) is 30.3 Å². The summed E-state index contributed by atoms with van der Waals surface area (Å²) < 4.78 is 27.4. The monoisotopic (exact) mass is 319 g/mol. The van der Waals surface area contributed by atoms with Gasteiger partial charge in [0.1, 0.15) is 0 Å². The number of sulfonamides is 1. The van der Waals surface area contributed by atoms with E-state index in [-0.39, 0.29) is 18.6 Å². The van der Waals surface area contributed by atoms with Gasteiger partial charge in [0.05, 0.1) is 4.90 Å². The van der Waals surface area contributed by atoms with E-state index in [0.29, 0.717) is 11.4 Å². The summed E-state index contributed by atoms with van der Waals surface area (Å²) >= 11 is 0. The van der Waals surface area contributed by atoms with Crippen LogP contribution in [0.1, 0.15) is 19.8 Å². The Balaban J connectivity index is 1.99. The number of hydrogen-bond acceptors (Lipinski definition) is 3. The molecule has 1 aliphatic heterocycles. The molecule has 2 aromatic rings. The van der Waals surface area contributed by atoms with E-state index in [4.69, 9.17) is 0 Å². The van der Waals surface area contributed by atoms with Crippen molar-refractivity contribution in [3.63, 3.8) is 0 Å². The molecule has 4 nitrogen and oxygen atoms in total. The molecule has 2 atom stereocenters. The molecule has 2 aromatic carbocycles. The van der Waals surface area contributed by atoms with Crippen LogP contribution in [0.5, 0.6) is 0 Å². The van der Waals surface area contributed by atoms with Gasteiger partial charge in [-0.05, 0) is 48.6 Å². The smallest absolute Gasteiger partial charge is 0.243 e. The van der Waals surface area contributed by atoms with Gasteiger partial charge >= 0.3 is 0 Å². The number of aliphatic hydroxyl groups is 1. The molecule has 2 unspecified atom stereocenters. The number of aliphatic hydroxyl groups excluding tert-OH is 1. The van der Waals surface area contributed by atoms with Crippen molar-refractivity contribution in [3.8, 4) is 0 Å². The van der Waals surface area contributed by atoms with Crippen molar-refractivity contribution in [1.82, 2.24) is 4.31 Å². The van der Waals surface area contributed by atoms with Crippen LogP contribution in [0.4, 0.5) is 0 Å². The van der Waals surface area contributed by atoms with Gasteiger partial charge < -0.3 is 5.11 Å². The zero-order valence-electron chi connectivity index (χ0n) is 12.6. The molecular formula is C17H21NO3S. The summed E-state index contributed by atoms with van der Waals surface area (Å²) in [5, 5.41) is 11.3. The van der Waals surface area contributed by atoms with Crippen LogP contribution in [0.15, 0.2) is 47.4 Å². The van der Waals surface area contributed by atoms with E-state index < -0.39 is 10.0 Å². The fourth-order valence-corrected chi connectivity index (χ4v) is 4.87. The number of nitrogens with zero attached hydrogens (tertiary/aromatic N) is 1. The second-order valence-electron chi connectivity index (χ2n) is 6.06. The molecule has 0 radical (unpaired) electrons. The number of fused-ring (bicyclic) bond motifs is 1. The van der Waals surface area contributed by atoms with Gasteiger partial charge in [-0.15, -0.1) is 0 Å². The average molecular weight is 319 g/mol. The van der Waals surface area contributed by atoms with Crippen molar-refractivity contribution < 1.29 is 13.5 Å². The fraction of sp³-hybridized carbons (Fsp3) is 0.412. The Bertz CT molecular complexity index is 772. The summed E-state index contributed by atoms with van der Waals surface area (Å²) in [6.07, 6.45) is 1.67. The lowest BCUT2D eigenvalue weighted by Gasteiger charge is -2.36. The zero-order chi connectivity index (χ0) is 15.7. The molecule has 1 heterocycles. The van der Waals surface area contributed by atoms with Crippen molar-refractivity contribution in [3.05, 3.63) is 42.5 Å². The van der Waals surface area contributed by atoms with Crippen LogP contribution in [-0.4, -0.2) is 37.0 Å². The number of hydrogen-bond donors (Lipinski definition) is 1. The van der Waals surface area contributed by atoms with Gasteiger partial charge in [0.25, 0.3) is 0 Å². The Hall–Kier alpha value is -1.43. The Morgan fingerprint density at radius 3 is 2.59 bits per heavy atom. The first kappa shape index (κ1) is 15.5. The molecule has 1 aliphatic rings. The summed E-state index contributed by atoms with van der Waals surface area (Å²) in [5.74, 6) is 0.0337. The SMILES string of the molecule is CC1CCC(CO)CN1S(=O)(=O)c1ccc2ccccc2c1. The van der Waals surface area contributed by atoms with E-state index >= 15 is 0 Å². The lowest BCUT2D eigenvalue weighted by Crippen LogP contribution is -2.46. The van der Waals surface area contributed by atoms with E-state index in [1.165, 1.54) is 0 Å². The van der Waals surface area contributed by atoms with Crippen LogP contribution in [0.3, 0.4) is 0 Å². The second-order valence-corrected chi connectivity index (χ2v) is 7.95. The number of rotatable bonds is 3. The van der Waals surface area contributed by atoms with Gasteiger partial charge in [-0.25, -0.2) is 8.42 Å². The Labute approximate surface area is 131 Å². The Morgan fingerprint density at radius 1 is 1.14 bits per heavy atom. The number of piperidine rings is 1. The van der Waals surface area contributed by atoms with Gasteiger partial charge in [0, 0.05) is 19.2 Å². The van der Waals surface area contributed by atoms with Crippen molar-refractivity contribution in [2.45, 2.75) is 30.7 Å². The zero-order valence-corrected chi connectivity index (χ0v) is 13.5. The van der Waals surface area contributed by atoms with E-state index in [2.05, 4.69) is 0 Å². The molecular weight excluding hydrogens is 298 g/mol. The number of benzene rings is 2. The third kappa shape index (κ3) is 2.76. The standard InChI is InChI=1S/C17H21NO3S/c1-13-6-7-14(12-19)11-18(13)22(20,21)17-9-8-15-4-2-3-5-16(15)10-17/h2-5,8-10,13-14,19H,6-7,11-12H2,1H3. The van der Waals surface area contributed by atoms with Crippen LogP contribution in [0.2, 0.25) is 0 Å². The quantitative estimate of drug-likeness (QED) is 0.946. The lowest BCUT2D eigenvalue weighted by molar-refractivity contribution is 0.139. The predicted molar refractivity (Wildman–Crippen MR) is 87.1 cm³/mol. The van der Waals surface area contributed by atoms with Crippen LogP contribution in [0, 0.1) is 5.92 Å². The van der Waals surface area contributed by atoms with Crippen molar-refractivity contribution in [2.24, 2.45) is 5.92 Å². The van der Waals surface area contributed by atoms with E-state index in [1.54, 1.807) is 16.4 Å². The molecule has 22 heavy (non-hydrogen) atoms. The maximum Gasteiger partial charge on any atom is 0.243 e. The highest BCUT2D eigenvalue weighted by Gasteiger charge is 2.34. The Kier molecular flexibility index (Phi) is 4.21. The molecule has 0 aromatic heterocycles. The van der Waals surface area contributed by atoms with Crippen molar-refractivity contribution in [1.29, 1.82) is 0 Å². The fourth-order valence-electron chi connectivity index (χ4n) is 3.09. The van der Waals surface area contributed by atoms with Gasteiger partial charge in [0.15, 0.2) is 0 Å². The Morgan fingerprint density at radius 2 is 1.86 bits per heavy atom. The first-order valence-electron chi connectivity index (χ1n) is 7.64. The summed E-state index contributed by atoms with van der Waals surface area (Å²) in [5.41, 5.74) is 0. The molecule has 0 bridgehead atoms. The highest BCUT2D eigenvalue weighted by molar-refractivity contribution is 7.89. The molecule has 0 amide bonds. The third-order valence-electron chi connectivity index (χ3n) is 4.51. The largest absolute Gasteiger partial charge is 0.396 e. The minimum atomic E-state index is -3.52. The summed E-state index contributed by atoms with van der Waals surface area (Å²) in [6.45, 7) is 2.37. The molecule has 0 spiro atoms. The topological polar surface area (TPSA) is 57.6 Å². The van der Waals surface area contributed by atoms with E-state index in [1.807, 2.05) is 37.3 Å². The molecule has 118 valence electrons. The van der Waals surface area contributed by atoms with Crippen LogP contribution in [-0.2, 0) is 10.0 Å². The first-order valence-corrected chi connectivity index (χ1v) is 9.08. The minimum absolute atomic E-state index is 0.0285. The molecule has 5 heteroatoms. The average Bonchev–Trinajstić information content (AvgIpc) is 2.54. The molecule has 1 fully saturated rings. The molecule has 3 rings (SSSR count). The summed E-state index contributed by atoms with van der Waals surface area (Å²) in [7, 11) is -3.52. The highest BCUT2D eigenvalue weighted by atomic mass is 32.2. The normalized spacial score (nSPS) is 23.7. The molecule has 1 saturated heterocycles. The second kappa shape index (κ2) is 5.99.